The minimum absolute atomic E-state index is 0.249. The predicted octanol–water partition coefficient (Wildman–Crippen LogP) is 3.42. The summed E-state index contributed by atoms with van der Waals surface area (Å²) < 4.78 is 6.25. The number of carbonyl (C=O) groups excluding carboxylic acids is 1. The Morgan fingerprint density at radius 2 is 2.24 bits per heavy atom. The summed E-state index contributed by atoms with van der Waals surface area (Å²) >= 11 is 7.74. The van der Waals surface area contributed by atoms with Crippen LogP contribution in [0.4, 0.5) is 5.13 Å². The molecule has 3 heterocycles. The Morgan fingerprint density at radius 1 is 1.36 bits per heavy atom. The van der Waals surface area contributed by atoms with Gasteiger partial charge in [-0.3, -0.25) is 4.79 Å². The van der Waals surface area contributed by atoms with Crippen LogP contribution in [-0.2, 0) is 9.53 Å². The first-order valence-corrected chi connectivity index (χ1v) is 9.90. The third-order valence-electron chi connectivity index (χ3n) is 5.35. The highest BCUT2D eigenvalue weighted by Gasteiger charge is 2.48. The number of benzene rings is 1. The SMILES string of the molecule is COCCN1CCC[C@@]2(CCN(c3nc4ccc(Cl)cc4s3)C2)C1=O. The third kappa shape index (κ3) is 3.11. The Kier molecular flexibility index (Phi) is 4.60. The first-order chi connectivity index (χ1) is 12.1. The second kappa shape index (κ2) is 6.74. The van der Waals surface area contributed by atoms with E-state index in [1.165, 1.54) is 0 Å². The van der Waals surface area contributed by atoms with Gasteiger partial charge in [-0.25, -0.2) is 4.98 Å². The van der Waals surface area contributed by atoms with Crippen LogP contribution in [0.15, 0.2) is 18.2 Å². The van der Waals surface area contributed by atoms with Crippen molar-refractivity contribution < 1.29 is 9.53 Å². The zero-order valence-corrected chi connectivity index (χ0v) is 15.9. The van der Waals surface area contributed by atoms with Crippen LogP contribution in [0, 0.1) is 5.41 Å². The molecule has 2 saturated heterocycles. The van der Waals surface area contributed by atoms with Crippen LogP contribution in [0.1, 0.15) is 19.3 Å². The van der Waals surface area contributed by atoms with Crippen molar-refractivity contribution in [1.29, 1.82) is 0 Å². The number of thiazole rings is 1. The van der Waals surface area contributed by atoms with Crippen molar-refractivity contribution in [3.8, 4) is 0 Å². The fourth-order valence-electron chi connectivity index (χ4n) is 4.00. The highest BCUT2D eigenvalue weighted by atomic mass is 35.5. The number of hydrogen-bond donors (Lipinski definition) is 0. The Bertz CT molecular complexity index is 796. The number of amides is 1. The number of carbonyl (C=O) groups is 1. The molecule has 1 amide bonds. The standard InChI is InChI=1S/C18H22ClN3O2S/c1-24-10-9-21-7-2-5-18(16(21)23)6-8-22(12-18)17-20-14-4-3-13(19)11-15(14)25-17/h3-4,11H,2,5-10,12H2,1H3/t18-/m0/s1. The molecule has 1 spiro atoms. The van der Waals surface area contributed by atoms with E-state index in [4.69, 9.17) is 21.3 Å². The molecule has 0 unspecified atom stereocenters. The van der Waals surface area contributed by atoms with E-state index in [1.807, 2.05) is 23.1 Å². The molecule has 2 aromatic rings. The number of likely N-dealkylation sites (tertiary alicyclic amines) is 1. The summed E-state index contributed by atoms with van der Waals surface area (Å²) in [7, 11) is 1.68. The lowest BCUT2D eigenvalue weighted by molar-refractivity contribution is -0.145. The van der Waals surface area contributed by atoms with Gasteiger partial charge in [-0.1, -0.05) is 22.9 Å². The van der Waals surface area contributed by atoms with Gasteiger partial charge in [-0.15, -0.1) is 0 Å². The topological polar surface area (TPSA) is 45.7 Å². The van der Waals surface area contributed by atoms with Crippen molar-refractivity contribution in [2.24, 2.45) is 5.41 Å². The molecule has 25 heavy (non-hydrogen) atoms. The molecule has 2 aliphatic rings. The Balaban J connectivity index is 1.54. The van der Waals surface area contributed by atoms with Gasteiger partial charge >= 0.3 is 0 Å². The number of nitrogens with zero attached hydrogens (tertiary/aromatic N) is 3. The molecule has 2 aliphatic heterocycles. The number of halogens is 1. The highest BCUT2D eigenvalue weighted by molar-refractivity contribution is 7.22. The van der Waals surface area contributed by atoms with E-state index in [2.05, 4.69) is 4.90 Å². The maximum atomic E-state index is 13.1. The lowest BCUT2D eigenvalue weighted by Gasteiger charge is -2.39. The molecule has 0 radical (unpaired) electrons. The molecule has 0 N–H and O–H groups in total. The number of piperidine rings is 1. The molecule has 134 valence electrons. The Morgan fingerprint density at radius 3 is 3.08 bits per heavy atom. The van der Waals surface area contributed by atoms with Crippen LogP contribution in [0.5, 0.6) is 0 Å². The molecule has 2 fully saturated rings. The number of anilines is 1. The van der Waals surface area contributed by atoms with Gasteiger partial charge in [0, 0.05) is 38.3 Å². The van der Waals surface area contributed by atoms with Gasteiger partial charge in [-0.2, -0.15) is 0 Å². The zero-order chi connectivity index (χ0) is 17.4. The van der Waals surface area contributed by atoms with Crippen LogP contribution in [0.2, 0.25) is 5.02 Å². The maximum absolute atomic E-state index is 13.1. The molecular weight excluding hydrogens is 358 g/mol. The van der Waals surface area contributed by atoms with Crippen molar-refractivity contribution >= 4 is 44.2 Å². The molecule has 0 bridgehead atoms. The summed E-state index contributed by atoms with van der Waals surface area (Å²) in [5.74, 6) is 0.294. The van der Waals surface area contributed by atoms with E-state index in [-0.39, 0.29) is 5.41 Å². The van der Waals surface area contributed by atoms with Gasteiger partial charge in [-0.05, 0) is 37.5 Å². The van der Waals surface area contributed by atoms with E-state index >= 15 is 0 Å². The molecule has 4 rings (SSSR count). The molecule has 0 saturated carbocycles. The second-order valence-electron chi connectivity index (χ2n) is 6.95. The average Bonchev–Trinajstić information content (AvgIpc) is 3.21. The van der Waals surface area contributed by atoms with Gasteiger partial charge in [0.1, 0.15) is 0 Å². The number of hydrogen-bond acceptors (Lipinski definition) is 5. The van der Waals surface area contributed by atoms with Crippen molar-refractivity contribution in [3.63, 3.8) is 0 Å². The maximum Gasteiger partial charge on any atom is 0.230 e. The molecule has 5 nitrogen and oxygen atoms in total. The lowest BCUT2D eigenvalue weighted by Crippen LogP contribution is -2.50. The van der Waals surface area contributed by atoms with Gasteiger partial charge in [0.05, 0.1) is 22.2 Å². The van der Waals surface area contributed by atoms with E-state index in [0.717, 1.165) is 59.3 Å². The molecule has 7 heteroatoms. The van der Waals surface area contributed by atoms with Crippen molar-refractivity contribution in [2.75, 3.05) is 44.8 Å². The summed E-state index contributed by atoms with van der Waals surface area (Å²) in [4.78, 5) is 22.1. The minimum atomic E-state index is -0.249. The van der Waals surface area contributed by atoms with Gasteiger partial charge in [0.25, 0.3) is 0 Å². The normalized spacial score (nSPS) is 24.0. The van der Waals surface area contributed by atoms with E-state index in [0.29, 0.717) is 19.1 Å². The smallest absolute Gasteiger partial charge is 0.230 e. The molecule has 0 aliphatic carbocycles. The third-order valence-corrected chi connectivity index (χ3v) is 6.67. The van der Waals surface area contributed by atoms with Gasteiger partial charge in [0.15, 0.2) is 5.13 Å². The number of fused-ring (bicyclic) bond motifs is 1. The molecule has 1 aromatic carbocycles. The van der Waals surface area contributed by atoms with E-state index in [9.17, 15) is 4.79 Å². The lowest BCUT2D eigenvalue weighted by atomic mass is 9.78. The van der Waals surface area contributed by atoms with Crippen LogP contribution in [0.3, 0.4) is 0 Å². The number of aromatic nitrogens is 1. The van der Waals surface area contributed by atoms with Crippen LogP contribution in [-0.4, -0.2) is 55.7 Å². The van der Waals surface area contributed by atoms with E-state index in [1.54, 1.807) is 18.4 Å². The Hall–Kier alpha value is -1.37. The van der Waals surface area contributed by atoms with Gasteiger partial charge in [0.2, 0.25) is 5.91 Å². The fraction of sp³-hybridized carbons (Fsp3) is 0.556. The Labute approximate surface area is 156 Å². The summed E-state index contributed by atoms with van der Waals surface area (Å²) in [6, 6.07) is 5.79. The average molecular weight is 380 g/mol. The van der Waals surface area contributed by atoms with Crippen LogP contribution < -0.4 is 4.90 Å². The van der Waals surface area contributed by atoms with Crippen molar-refractivity contribution in [2.45, 2.75) is 19.3 Å². The molecular formula is C18H22ClN3O2S. The number of ether oxygens (including phenoxy) is 1. The van der Waals surface area contributed by atoms with E-state index < -0.39 is 0 Å². The first-order valence-electron chi connectivity index (χ1n) is 8.71. The largest absolute Gasteiger partial charge is 0.383 e. The predicted molar refractivity (Wildman–Crippen MR) is 102 cm³/mol. The van der Waals surface area contributed by atoms with Gasteiger partial charge < -0.3 is 14.5 Å². The number of rotatable bonds is 4. The highest BCUT2D eigenvalue weighted by Crippen LogP contribution is 2.43. The van der Waals surface area contributed by atoms with Crippen LogP contribution >= 0.6 is 22.9 Å². The monoisotopic (exact) mass is 379 g/mol. The molecule has 1 aromatic heterocycles. The molecule has 1 atom stereocenters. The summed E-state index contributed by atoms with van der Waals surface area (Å²) in [5.41, 5.74) is 0.726. The fourth-order valence-corrected chi connectivity index (χ4v) is 5.27. The summed E-state index contributed by atoms with van der Waals surface area (Å²) in [6.45, 7) is 3.80. The quantitative estimate of drug-likeness (QED) is 0.816. The van der Waals surface area contributed by atoms with Crippen molar-refractivity contribution in [1.82, 2.24) is 9.88 Å². The van der Waals surface area contributed by atoms with Crippen molar-refractivity contribution in [3.05, 3.63) is 23.2 Å². The number of methoxy groups -OCH3 is 1. The zero-order valence-electron chi connectivity index (χ0n) is 14.3. The first kappa shape index (κ1) is 17.1. The second-order valence-corrected chi connectivity index (χ2v) is 8.39. The van der Waals surface area contributed by atoms with Crippen LogP contribution in [0.25, 0.3) is 10.2 Å². The summed E-state index contributed by atoms with van der Waals surface area (Å²) in [5, 5.41) is 1.73. The summed E-state index contributed by atoms with van der Waals surface area (Å²) in [6.07, 6.45) is 2.95. The minimum Gasteiger partial charge on any atom is -0.383 e.